The Bertz CT molecular complexity index is 432. The average molecular weight is 246 g/mol. The minimum atomic E-state index is 0.557. The molecule has 1 aromatic rings. The molecule has 2 aliphatic rings. The molecule has 3 rings (SSSR count). The molecule has 2 saturated heterocycles. The minimum absolute atomic E-state index is 0.557. The summed E-state index contributed by atoms with van der Waals surface area (Å²) in [6, 6.07) is 1.27. The molecule has 18 heavy (non-hydrogen) atoms. The molecular weight excluding hydrogens is 224 g/mol. The Morgan fingerprint density at radius 2 is 2.06 bits per heavy atom. The molecule has 0 amide bonds. The summed E-state index contributed by atoms with van der Waals surface area (Å²) in [6.45, 7) is 6.54. The second kappa shape index (κ2) is 4.84. The van der Waals surface area contributed by atoms with E-state index in [0.717, 1.165) is 17.2 Å². The molecule has 3 heterocycles. The van der Waals surface area contributed by atoms with Gasteiger partial charge in [-0.1, -0.05) is 6.42 Å². The molecule has 0 aromatic carbocycles. The quantitative estimate of drug-likeness (QED) is 0.868. The van der Waals surface area contributed by atoms with Gasteiger partial charge in [-0.05, 0) is 39.7 Å². The maximum atomic E-state index is 4.58. The Kier molecular flexibility index (Phi) is 3.20. The summed E-state index contributed by atoms with van der Waals surface area (Å²) in [5.74, 6) is 0.940. The van der Waals surface area contributed by atoms with Crippen LogP contribution in [0.5, 0.6) is 0 Å². The van der Waals surface area contributed by atoms with E-state index in [1.165, 1.54) is 38.8 Å². The third-order valence-electron chi connectivity index (χ3n) is 4.38. The van der Waals surface area contributed by atoms with Crippen LogP contribution in [0.1, 0.15) is 37.1 Å². The monoisotopic (exact) mass is 246 g/mol. The van der Waals surface area contributed by atoms with E-state index in [1.807, 2.05) is 20.0 Å². The summed E-state index contributed by atoms with van der Waals surface area (Å²) in [6.07, 6.45) is 7.17. The standard InChI is InChI=1S/C14H22N4/c1-10-11(2)16-14(9-15-10)17-12-6-8-18-7-4-3-5-13(12)18/h9,12-13H,3-8H2,1-2H3,(H,16,17). The summed E-state index contributed by atoms with van der Waals surface area (Å²) in [4.78, 5) is 11.6. The zero-order chi connectivity index (χ0) is 12.5. The van der Waals surface area contributed by atoms with Crippen molar-refractivity contribution in [2.75, 3.05) is 18.4 Å². The fourth-order valence-corrected chi connectivity index (χ4v) is 3.22. The molecule has 2 aliphatic heterocycles. The zero-order valence-corrected chi connectivity index (χ0v) is 11.3. The first-order valence-electron chi connectivity index (χ1n) is 7.05. The molecular formula is C14H22N4. The summed E-state index contributed by atoms with van der Waals surface area (Å²) >= 11 is 0. The van der Waals surface area contributed by atoms with Gasteiger partial charge in [0.15, 0.2) is 0 Å². The van der Waals surface area contributed by atoms with Crippen LogP contribution >= 0.6 is 0 Å². The van der Waals surface area contributed by atoms with Crippen LogP contribution in [-0.2, 0) is 0 Å². The summed E-state index contributed by atoms with van der Waals surface area (Å²) in [5.41, 5.74) is 2.05. The van der Waals surface area contributed by atoms with Crippen LogP contribution in [0.2, 0.25) is 0 Å². The predicted molar refractivity (Wildman–Crippen MR) is 72.7 cm³/mol. The van der Waals surface area contributed by atoms with Gasteiger partial charge >= 0.3 is 0 Å². The van der Waals surface area contributed by atoms with E-state index in [9.17, 15) is 0 Å². The van der Waals surface area contributed by atoms with E-state index in [0.29, 0.717) is 12.1 Å². The average Bonchev–Trinajstić information content (AvgIpc) is 2.78. The molecule has 1 N–H and O–H groups in total. The lowest BCUT2D eigenvalue weighted by Gasteiger charge is -2.32. The van der Waals surface area contributed by atoms with E-state index in [1.54, 1.807) is 0 Å². The first-order chi connectivity index (χ1) is 8.74. The molecule has 2 atom stereocenters. The third-order valence-corrected chi connectivity index (χ3v) is 4.38. The van der Waals surface area contributed by atoms with Gasteiger partial charge in [0.05, 0.1) is 17.6 Å². The smallest absolute Gasteiger partial charge is 0.145 e. The number of aromatic nitrogens is 2. The number of hydrogen-bond acceptors (Lipinski definition) is 4. The third kappa shape index (κ3) is 2.21. The van der Waals surface area contributed by atoms with E-state index in [-0.39, 0.29) is 0 Å². The highest BCUT2D eigenvalue weighted by atomic mass is 15.2. The largest absolute Gasteiger partial charge is 0.364 e. The van der Waals surface area contributed by atoms with Crippen molar-refractivity contribution in [3.05, 3.63) is 17.6 Å². The van der Waals surface area contributed by atoms with Gasteiger partial charge in [0.1, 0.15) is 5.82 Å². The summed E-state index contributed by atoms with van der Waals surface area (Å²) < 4.78 is 0. The molecule has 0 spiro atoms. The van der Waals surface area contributed by atoms with Gasteiger partial charge in [0.25, 0.3) is 0 Å². The van der Waals surface area contributed by atoms with Gasteiger partial charge in [-0.15, -0.1) is 0 Å². The van der Waals surface area contributed by atoms with Crippen LogP contribution in [0, 0.1) is 13.8 Å². The molecule has 1 aromatic heterocycles. The maximum Gasteiger partial charge on any atom is 0.145 e. The van der Waals surface area contributed by atoms with E-state index < -0.39 is 0 Å². The summed E-state index contributed by atoms with van der Waals surface area (Å²) in [5, 5.41) is 3.59. The van der Waals surface area contributed by atoms with E-state index in [2.05, 4.69) is 20.2 Å². The van der Waals surface area contributed by atoms with Crippen molar-refractivity contribution in [2.45, 2.75) is 51.6 Å². The van der Waals surface area contributed by atoms with Crippen molar-refractivity contribution in [2.24, 2.45) is 0 Å². The van der Waals surface area contributed by atoms with Crippen LogP contribution in [0.25, 0.3) is 0 Å². The number of rotatable bonds is 2. The second-order valence-corrected chi connectivity index (χ2v) is 5.56. The molecule has 0 radical (unpaired) electrons. The topological polar surface area (TPSA) is 41.1 Å². The Morgan fingerprint density at radius 1 is 1.17 bits per heavy atom. The van der Waals surface area contributed by atoms with Gasteiger partial charge in [-0.3, -0.25) is 9.88 Å². The number of nitrogens with zero attached hydrogens (tertiary/aromatic N) is 3. The predicted octanol–water partition coefficient (Wildman–Crippen LogP) is 2.13. The fraction of sp³-hybridized carbons (Fsp3) is 0.714. The summed E-state index contributed by atoms with van der Waals surface area (Å²) in [7, 11) is 0. The van der Waals surface area contributed by atoms with Crippen molar-refractivity contribution in [3.63, 3.8) is 0 Å². The van der Waals surface area contributed by atoms with Crippen molar-refractivity contribution < 1.29 is 0 Å². The number of anilines is 1. The van der Waals surface area contributed by atoms with Crippen LogP contribution in [-0.4, -0.2) is 40.0 Å². The highest BCUT2D eigenvalue weighted by Crippen LogP contribution is 2.28. The first-order valence-corrected chi connectivity index (χ1v) is 7.05. The molecule has 98 valence electrons. The van der Waals surface area contributed by atoms with Gasteiger partial charge in [0, 0.05) is 18.6 Å². The highest BCUT2D eigenvalue weighted by Gasteiger charge is 2.35. The maximum absolute atomic E-state index is 4.58. The van der Waals surface area contributed by atoms with Gasteiger partial charge in [0.2, 0.25) is 0 Å². The number of hydrogen-bond donors (Lipinski definition) is 1. The number of piperidine rings is 1. The van der Waals surface area contributed by atoms with Gasteiger partial charge in [-0.2, -0.15) is 0 Å². The van der Waals surface area contributed by atoms with E-state index in [4.69, 9.17) is 0 Å². The second-order valence-electron chi connectivity index (χ2n) is 5.56. The Balaban J connectivity index is 1.70. The molecule has 4 nitrogen and oxygen atoms in total. The molecule has 0 aliphatic carbocycles. The SMILES string of the molecule is Cc1ncc(NC2CCN3CCCCC23)nc1C. The lowest BCUT2D eigenvalue weighted by atomic mass is 9.99. The molecule has 0 bridgehead atoms. The van der Waals surface area contributed by atoms with Crippen molar-refractivity contribution in [3.8, 4) is 0 Å². The van der Waals surface area contributed by atoms with Crippen molar-refractivity contribution >= 4 is 5.82 Å². The number of aryl methyl sites for hydroxylation is 2. The molecule has 2 unspecified atom stereocenters. The zero-order valence-electron chi connectivity index (χ0n) is 11.3. The van der Waals surface area contributed by atoms with Crippen LogP contribution in [0.4, 0.5) is 5.82 Å². The lowest BCUT2D eigenvalue weighted by molar-refractivity contribution is 0.192. The molecule has 0 saturated carbocycles. The van der Waals surface area contributed by atoms with Crippen molar-refractivity contribution in [1.29, 1.82) is 0 Å². The Labute approximate surface area is 109 Å². The molecule has 4 heteroatoms. The Hall–Kier alpha value is -1.16. The molecule has 2 fully saturated rings. The van der Waals surface area contributed by atoms with Gasteiger partial charge < -0.3 is 5.32 Å². The number of fused-ring (bicyclic) bond motifs is 1. The fourth-order valence-electron chi connectivity index (χ4n) is 3.22. The van der Waals surface area contributed by atoms with Gasteiger partial charge in [-0.25, -0.2) is 4.98 Å². The van der Waals surface area contributed by atoms with Crippen LogP contribution in [0.3, 0.4) is 0 Å². The number of nitrogens with one attached hydrogen (secondary N) is 1. The normalized spacial score (nSPS) is 28.1. The minimum Gasteiger partial charge on any atom is -0.364 e. The van der Waals surface area contributed by atoms with Crippen LogP contribution in [0.15, 0.2) is 6.20 Å². The lowest BCUT2D eigenvalue weighted by Crippen LogP contribution is -2.41. The van der Waals surface area contributed by atoms with E-state index >= 15 is 0 Å². The van der Waals surface area contributed by atoms with Crippen LogP contribution < -0.4 is 5.32 Å². The highest BCUT2D eigenvalue weighted by molar-refractivity contribution is 5.35. The Morgan fingerprint density at radius 3 is 2.89 bits per heavy atom. The van der Waals surface area contributed by atoms with Crippen molar-refractivity contribution in [1.82, 2.24) is 14.9 Å². The first kappa shape index (κ1) is 11.9.